The average molecular weight is 388 g/mol. The first kappa shape index (κ1) is 19.3. The van der Waals surface area contributed by atoms with E-state index in [9.17, 15) is 9.59 Å². The summed E-state index contributed by atoms with van der Waals surface area (Å²) in [7, 11) is 1.31. The molecular weight excluding hydrogens is 366 g/mol. The lowest BCUT2D eigenvalue weighted by molar-refractivity contribution is 0.0516. The molecule has 1 aromatic rings. The van der Waals surface area contributed by atoms with E-state index >= 15 is 0 Å². The van der Waals surface area contributed by atoms with Crippen molar-refractivity contribution in [2.75, 3.05) is 20.3 Å². The van der Waals surface area contributed by atoms with Crippen LogP contribution in [0.3, 0.4) is 0 Å². The largest absolute Gasteiger partial charge is 0.491 e. The van der Waals surface area contributed by atoms with Crippen LogP contribution in [0.5, 0.6) is 5.75 Å². The predicted molar refractivity (Wildman–Crippen MR) is 90.0 cm³/mol. The summed E-state index contributed by atoms with van der Waals surface area (Å²) in [6.07, 6.45) is -0.513. The molecular formula is C16H22BrNO5. The summed E-state index contributed by atoms with van der Waals surface area (Å²) >= 11 is 3.37. The molecule has 6 nitrogen and oxygen atoms in total. The van der Waals surface area contributed by atoms with Crippen LogP contribution in [0.1, 0.15) is 36.7 Å². The summed E-state index contributed by atoms with van der Waals surface area (Å²) in [4.78, 5) is 23.3. The molecule has 23 heavy (non-hydrogen) atoms. The Bertz CT molecular complexity index is 581. The molecule has 0 heterocycles. The number of amides is 1. The number of hydrogen-bond donors (Lipinski definition) is 1. The number of esters is 1. The standard InChI is InChI=1S/C16H22BrNO5/c1-10-8-13(11(9-12(10)17)14(19)21-5)22-7-6-18-15(20)23-16(2,3)4/h8-9H,6-7H2,1-5H3,(H,18,20). The first-order valence-corrected chi connectivity index (χ1v) is 7.91. The van der Waals surface area contributed by atoms with Crippen molar-refractivity contribution in [3.8, 4) is 5.75 Å². The zero-order chi connectivity index (χ0) is 17.6. The quantitative estimate of drug-likeness (QED) is 0.618. The molecule has 0 bridgehead atoms. The molecule has 1 rings (SSSR count). The fourth-order valence-corrected chi connectivity index (χ4v) is 2.02. The normalized spacial score (nSPS) is 10.9. The van der Waals surface area contributed by atoms with Crippen molar-refractivity contribution in [1.82, 2.24) is 5.32 Å². The number of methoxy groups -OCH3 is 1. The van der Waals surface area contributed by atoms with Crippen LogP contribution in [-0.2, 0) is 9.47 Å². The summed E-state index contributed by atoms with van der Waals surface area (Å²) in [5, 5.41) is 2.59. The van der Waals surface area contributed by atoms with Crippen LogP contribution in [0.25, 0.3) is 0 Å². The van der Waals surface area contributed by atoms with Crippen LogP contribution >= 0.6 is 15.9 Å². The van der Waals surface area contributed by atoms with Gasteiger partial charge in [0.1, 0.15) is 23.5 Å². The minimum absolute atomic E-state index is 0.199. The predicted octanol–water partition coefficient (Wildman–Crippen LogP) is 3.45. The van der Waals surface area contributed by atoms with Crippen molar-refractivity contribution < 1.29 is 23.8 Å². The van der Waals surface area contributed by atoms with Gasteiger partial charge in [-0.2, -0.15) is 0 Å². The van der Waals surface area contributed by atoms with Gasteiger partial charge in [0, 0.05) is 4.47 Å². The van der Waals surface area contributed by atoms with Gasteiger partial charge in [-0.15, -0.1) is 0 Å². The molecule has 0 saturated carbocycles. The van der Waals surface area contributed by atoms with Crippen LogP contribution < -0.4 is 10.1 Å². The van der Waals surface area contributed by atoms with Crippen LogP contribution in [0.2, 0.25) is 0 Å². The first-order valence-electron chi connectivity index (χ1n) is 7.12. The lowest BCUT2D eigenvalue weighted by atomic mass is 10.1. The smallest absolute Gasteiger partial charge is 0.407 e. The number of ether oxygens (including phenoxy) is 3. The maximum absolute atomic E-state index is 11.8. The highest BCUT2D eigenvalue weighted by molar-refractivity contribution is 9.10. The van der Waals surface area contributed by atoms with Crippen molar-refractivity contribution in [3.63, 3.8) is 0 Å². The number of aryl methyl sites for hydroxylation is 1. The fraction of sp³-hybridized carbons (Fsp3) is 0.500. The van der Waals surface area contributed by atoms with Crippen molar-refractivity contribution in [1.29, 1.82) is 0 Å². The van der Waals surface area contributed by atoms with E-state index in [0.29, 0.717) is 11.3 Å². The van der Waals surface area contributed by atoms with Crippen molar-refractivity contribution in [3.05, 3.63) is 27.7 Å². The molecule has 1 amide bonds. The minimum Gasteiger partial charge on any atom is -0.491 e. The van der Waals surface area contributed by atoms with Gasteiger partial charge >= 0.3 is 12.1 Å². The van der Waals surface area contributed by atoms with Gasteiger partial charge < -0.3 is 19.5 Å². The van der Waals surface area contributed by atoms with Gasteiger partial charge in [0.05, 0.1) is 13.7 Å². The Hall–Kier alpha value is -1.76. The van der Waals surface area contributed by atoms with Gasteiger partial charge in [0.2, 0.25) is 0 Å². The molecule has 0 aliphatic rings. The van der Waals surface area contributed by atoms with Gasteiger partial charge in [-0.3, -0.25) is 0 Å². The Kier molecular flexibility index (Phi) is 6.87. The second-order valence-electron chi connectivity index (χ2n) is 5.87. The van der Waals surface area contributed by atoms with Gasteiger partial charge in [-0.05, 0) is 45.4 Å². The number of hydrogen-bond acceptors (Lipinski definition) is 5. The van der Waals surface area contributed by atoms with Crippen LogP contribution in [0.15, 0.2) is 16.6 Å². The monoisotopic (exact) mass is 387 g/mol. The van der Waals surface area contributed by atoms with E-state index in [0.717, 1.165) is 10.0 Å². The molecule has 0 saturated heterocycles. The summed E-state index contributed by atoms with van der Waals surface area (Å²) in [5.74, 6) is -0.0793. The first-order chi connectivity index (χ1) is 10.6. The SMILES string of the molecule is COC(=O)c1cc(Br)c(C)cc1OCCNC(=O)OC(C)(C)C. The number of alkyl carbamates (subject to hydrolysis) is 1. The zero-order valence-corrected chi connectivity index (χ0v) is 15.6. The topological polar surface area (TPSA) is 73.9 Å². The van der Waals surface area contributed by atoms with E-state index in [-0.39, 0.29) is 13.2 Å². The Labute approximate surface area is 144 Å². The summed E-state index contributed by atoms with van der Waals surface area (Å²) in [6, 6.07) is 3.39. The molecule has 0 aliphatic heterocycles. The Morgan fingerprint density at radius 2 is 1.91 bits per heavy atom. The van der Waals surface area contributed by atoms with Crippen LogP contribution in [0, 0.1) is 6.92 Å². The van der Waals surface area contributed by atoms with Crippen molar-refractivity contribution in [2.24, 2.45) is 0 Å². The fourth-order valence-electron chi connectivity index (χ4n) is 1.67. The zero-order valence-electron chi connectivity index (χ0n) is 14.0. The molecule has 0 aliphatic carbocycles. The average Bonchev–Trinajstić information content (AvgIpc) is 2.44. The minimum atomic E-state index is -0.550. The van der Waals surface area contributed by atoms with Crippen LogP contribution in [-0.4, -0.2) is 37.9 Å². The molecule has 7 heteroatoms. The summed E-state index contributed by atoms with van der Waals surface area (Å²) in [5.41, 5.74) is 0.696. The number of rotatable bonds is 5. The highest BCUT2D eigenvalue weighted by atomic mass is 79.9. The molecule has 1 aromatic carbocycles. The maximum atomic E-state index is 11.8. The van der Waals surface area contributed by atoms with Gasteiger partial charge in [-0.1, -0.05) is 15.9 Å². The van der Waals surface area contributed by atoms with Gasteiger partial charge in [0.25, 0.3) is 0 Å². The molecule has 0 fully saturated rings. The third-order valence-corrected chi connectivity index (χ3v) is 3.55. The Morgan fingerprint density at radius 1 is 1.26 bits per heavy atom. The van der Waals surface area contributed by atoms with E-state index in [1.807, 2.05) is 6.92 Å². The highest BCUT2D eigenvalue weighted by Crippen LogP contribution is 2.27. The number of carbonyl (C=O) groups excluding carboxylic acids is 2. The highest BCUT2D eigenvalue weighted by Gasteiger charge is 2.17. The van der Waals surface area contributed by atoms with Crippen LogP contribution in [0.4, 0.5) is 4.79 Å². The second kappa shape index (κ2) is 8.19. The third-order valence-electron chi connectivity index (χ3n) is 2.69. The molecule has 0 spiro atoms. The molecule has 128 valence electrons. The third kappa shape index (κ3) is 6.48. The van der Waals surface area contributed by atoms with Crippen molar-refractivity contribution >= 4 is 28.0 Å². The van der Waals surface area contributed by atoms with Crippen molar-refractivity contribution in [2.45, 2.75) is 33.3 Å². The number of halogens is 1. The molecule has 0 atom stereocenters. The van der Waals surface area contributed by atoms with E-state index in [4.69, 9.17) is 14.2 Å². The lowest BCUT2D eigenvalue weighted by Gasteiger charge is -2.19. The van der Waals surface area contributed by atoms with E-state index < -0.39 is 17.7 Å². The lowest BCUT2D eigenvalue weighted by Crippen LogP contribution is -2.34. The number of nitrogens with one attached hydrogen (secondary N) is 1. The molecule has 1 N–H and O–H groups in total. The second-order valence-corrected chi connectivity index (χ2v) is 6.72. The van der Waals surface area contributed by atoms with Gasteiger partial charge in [0.15, 0.2) is 0 Å². The number of carbonyl (C=O) groups is 2. The van der Waals surface area contributed by atoms with E-state index in [1.165, 1.54) is 7.11 Å². The Balaban J connectivity index is 2.62. The Morgan fingerprint density at radius 3 is 2.48 bits per heavy atom. The maximum Gasteiger partial charge on any atom is 0.407 e. The summed E-state index contributed by atoms with van der Waals surface area (Å²) < 4.78 is 16.2. The van der Waals surface area contributed by atoms with E-state index in [2.05, 4.69) is 21.2 Å². The van der Waals surface area contributed by atoms with Gasteiger partial charge in [-0.25, -0.2) is 9.59 Å². The number of benzene rings is 1. The molecule has 0 radical (unpaired) electrons. The van der Waals surface area contributed by atoms with E-state index in [1.54, 1.807) is 32.9 Å². The molecule has 0 aromatic heterocycles. The summed E-state index contributed by atoms with van der Waals surface area (Å²) in [6.45, 7) is 7.70. The molecule has 0 unspecified atom stereocenters.